The second kappa shape index (κ2) is 4.64. The van der Waals surface area contributed by atoms with Crippen molar-refractivity contribution in [2.24, 2.45) is 0 Å². The van der Waals surface area contributed by atoms with Crippen LogP contribution in [-0.2, 0) is 0 Å². The summed E-state index contributed by atoms with van der Waals surface area (Å²) in [6.07, 6.45) is -2.05. The van der Waals surface area contributed by atoms with Crippen molar-refractivity contribution >= 4 is 32.8 Å². The molecule has 7 heteroatoms. The summed E-state index contributed by atoms with van der Waals surface area (Å²) in [6.45, 7) is 0. The highest BCUT2D eigenvalue weighted by atomic mass is 79.9. The van der Waals surface area contributed by atoms with Crippen LogP contribution in [0.4, 0.5) is 8.78 Å². The van der Waals surface area contributed by atoms with Gasteiger partial charge in [0.05, 0.1) is 10.0 Å². The van der Waals surface area contributed by atoms with Crippen LogP contribution < -0.4 is 0 Å². The Kier molecular flexibility index (Phi) is 3.72. The lowest BCUT2D eigenvalue weighted by atomic mass is 10.1. The lowest BCUT2D eigenvalue weighted by molar-refractivity contribution is 0.106. The summed E-state index contributed by atoms with van der Waals surface area (Å²) in [7, 11) is 0. The Morgan fingerprint density at radius 3 is 2.67 bits per heavy atom. The zero-order valence-corrected chi connectivity index (χ0v) is 9.31. The van der Waals surface area contributed by atoms with Crippen LogP contribution in [0, 0.1) is 11.3 Å². The molecule has 0 aliphatic heterocycles. The number of halogens is 4. The van der Waals surface area contributed by atoms with Crippen LogP contribution in [0.3, 0.4) is 0 Å². The maximum atomic E-state index is 12.6. The molecule has 1 rings (SSSR count). The first-order valence-corrected chi connectivity index (χ1v) is 4.72. The first-order valence-electron chi connectivity index (χ1n) is 3.55. The van der Waals surface area contributed by atoms with Crippen LogP contribution in [0.1, 0.15) is 28.0 Å². The van der Waals surface area contributed by atoms with Crippen LogP contribution in [-0.4, -0.2) is 10.2 Å². The smallest absolute Gasteiger partial charge is 0.265 e. The molecule has 0 aliphatic carbocycles. The van der Waals surface area contributed by atoms with E-state index >= 15 is 0 Å². The third kappa shape index (κ3) is 2.30. The number of aromatic nitrogens is 1. The largest absolute Gasteiger partial charge is 0.276 e. The molecular formula is C8H2BrClF2N2O. The van der Waals surface area contributed by atoms with Crippen molar-refractivity contribution in [3.8, 4) is 6.07 Å². The molecule has 0 amide bonds. The van der Waals surface area contributed by atoms with Crippen LogP contribution in [0.5, 0.6) is 0 Å². The number of rotatable bonds is 2. The summed E-state index contributed by atoms with van der Waals surface area (Å²) in [5.74, 6) is 0. The van der Waals surface area contributed by atoms with Crippen LogP contribution in [0.2, 0.25) is 0 Å². The van der Waals surface area contributed by atoms with Gasteiger partial charge in [-0.2, -0.15) is 5.26 Å². The summed E-state index contributed by atoms with van der Waals surface area (Å²) in [5.41, 5.74) is -1.23. The van der Waals surface area contributed by atoms with E-state index in [9.17, 15) is 13.6 Å². The van der Waals surface area contributed by atoms with Gasteiger partial charge in [-0.05, 0) is 27.5 Å². The molecule has 0 fully saturated rings. The number of pyridine rings is 1. The van der Waals surface area contributed by atoms with E-state index in [2.05, 4.69) is 20.9 Å². The van der Waals surface area contributed by atoms with E-state index in [1.807, 2.05) is 0 Å². The van der Waals surface area contributed by atoms with Gasteiger partial charge in [-0.15, -0.1) is 0 Å². The topological polar surface area (TPSA) is 53.8 Å². The average molecular weight is 295 g/mol. The summed E-state index contributed by atoms with van der Waals surface area (Å²) in [5, 5.41) is 7.51. The average Bonchev–Trinajstić information content (AvgIpc) is 2.16. The SMILES string of the molecule is N#Cc1ncc(C(=O)Cl)c(C(F)F)c1Br. The zero-order chi connectivity index (χ0) is 11.6. The fraction of sp³-hybridized carbons (Fsp3) is 0.125. The third-order valence-electron chi connectivity index (χ3n) is 1.59. The maximum absolute atomic E-state index is 12.6. The van der Waals surface area contributed by atoms with Gasteiger partial charge in [0.15, 0.2) is 5.69 Å². The molecule has 0 aliphatic rings. The molecule has 0 unspecified atom stereocenters. The zero-order valence-electron chi connectivity index (χ0n) is 6.97. The van der Waals surface area contributed by atoms with E-state index in [4.69, 9.17) is 16.9 Å². The van der Waals surface area contributed by atoms with Crippen molar-refractivity contribution in [3.05, 3.63) is 27.5 Å². The standard InChI is InChI=1S/C8H2BrClF2N2O/c9-6-4(1-13)14-2-3(7(10)15)5(6)8(11)12/h2,8H. The summed E-state index contributed by atoms with van der Waals surface area (Å²) in [6, 6.07) is 1.61. The van der Waals surface area contributed by atoms with Gasteiger partial charge in [0.2, 0.25) is 0 Å². The van der Waals surface area contributed by atoms with E-state index < -0.39 is 22.8 Å². The van der Waals surface area contributed by atoms with Gasteiger partial charge in [-0.25, -0.2) is 13.8 Å². The highest BCUT2D eigenvalue weighted by Gasteiger charge is 2.23. The van der Waals surface area contributed by atoms with Gasteiger partial charge in [-0.3, -0.25) is 4.79 Å². The van der Waals surface area contributed by atoms with Gasteiger partial charge in [-0.1, -0.05) is 0 Å². The van der Waals surface area contributed by atoms with Gasteiger partial charge in [0.25, 0.3) is 11.7 Å². The molecule has 0 spiro atoms. The molecule has 0 radical (unpaired) electrons. The predicted molar refractivity (Wildman–Crippen MR) is 51.8 cm³/mol. The maximum Gasteiger partial charge on any atom is 0.265 e. The van der Waals surface area contributed by atoms with Gasteiger partial charge < -0.3 is 0 Å². The van der Waals surface area contributed by atoms with Gasteiger partial charge >= 0.3 is 0 Å². The Balaban J connectivity index is 3.53. The quantitative estimate of drug-likeness (QED) is 0.788. The number of carbonyl (C=O) groups excluding carboxylic acids is 1. The molecule has 1 aromatic heterocycles. The lowest BCUT2D eigenvalue weighted by Gasteiger charge is -2.07. The number of alkyl halides is 2. The van der Waals surface area contributed by atoms with Crippen molar-refractivity contribution in [1.29, 1.82) is 5.26 Å². The molecule has 0 saturated carbocycles. The van der Waals surface area contributed by atoms with Gasteiger partial charge in [0.1, 0.15) is 6.07 Å². The molecule has 3 nitrogen and oxygen atoms in total. The molecule has 78 valence electrons. The van der Waals surface area contributed by atoms with Crippen LogP contribution >= 0.6 is 27.5 Å². The monoisotopic (exact) mass is 294 g/mol. The van der Waals surface area contributed by atoms with Crippen molar-refractivity contribution < 1.29 is 13.6 Å². The second-order valence-electron chi connectivity index (χ2n) is 2.43. The van der Waals surface area contributed by atoms with E-state index in [0.717, 1.165) is 6.20 Å². The molecule has 0 atom stereocenters. The molecule has 15 heavy (non-hydrogen) atoms. The first kappa shape index (κ1) is 12.0. The Morgan fingerprint density at radius 2 is 2.27 bits per heavy atom. The van der Waals surface area contributed by atoms with Crippen molar-refractivity contribution in [2.45, 2.75) is 6.43 Å². The second-order valence-corrected chi connectivity index (χ2v) is 3.57. The molecule has 0 aromatic carbocycles. The molecular weight excluding hydrogens is 293 g/mol. The minimum Gasteiger partial charge on any atom is -0.276 e. The Hall–Kier alpha value is -1.06. The number of hydrogen-bond donors (Lipinski definition) is 0. The molecule has 0 N–H and O–H groups in total. The minimum absolute atomic E-state index is 0.202. The van der Waals surface area contributed by atoms with Crippen LogP contribution in [0.25, 0.3) is 0 Å². The fourth-order valence-corrected chi connectivity index (χ4v) is 1.68. The van der Waals surface area contributed by atoms with E-state index in [1.165, 1.54) is 0 Å². The lowest BCUT2D eigenvalue weighted by Crippen LogP contribution is -2.03. The number of hydrogen-bond acceptors (Lipinski definition) is 3. The first-order chi connectivity index (χ1) is 6.99. The summed E-state index contributed by atoms with van der Waals surface area (Å²) < 4.78 is 25.0. The Labute approximate surface area is 96.8 Å². The molecule has 0 saturated heterocycles. The molecule has 1 heterocycles. The van der Waals surface area contributed by atoms with Crippen molar-refractivity contribution in [3.63, 3.8) is 0 Å². The Bertz CT molecular complexity index is 459. The normalized spacial score (nSPS) is 10.1. The molecule has 0 bridgehead atoms. The predicted octanol–water partition coefficient (Wildman–Crippen LogP) is 3.03. The summed E-state index contributed by atoms with van der Waals surface area (Å²) in [4.78, 5) is 14.3. The molecule has 1 aromatic rings. The fourth-order valence-electron chi connectivity index (χ4n) is 0.949. The highest BCUT2D eigenvalue weighted by molar-refractivity contribution is 9.10. The van der Waals surface area contributed by atoms with Crippen molar-refractivity contribution in [1.82, 2.24) is 4.98 Å². The summed E-state index contributed by atoms with van der Waals surface area (Å²) >= 11 is 7.89. The van der Waals surface area contributed by atoms with Gasteiger partial charge in [0, 0.05) is 11.8 Å². The van der Waals surface area contributed by atoms with Crippen LogP contribution in [0.15, 0.2) is 10.7 Å². The number of nitrogens with zero attached hydrogens (tertiary/aromatic N) is 2. The minimum atomic E-state index is -2.91. The van der Waals surface area contributed by atoms with E-state index in [1.54, 1.807) is 6.07 Å². The number of carbonyl (C=O) groups is 1. The van der Waals surface area contributed by atoms with E-state index in [-0.39, 0.29) is 10.2 Å². The highest BCUT2D eigenvalue weighted by Crippen LogP contribution is 2.32. The van der Waals surface area contributed by atoms with E-state index in [0.29, 0.717) is 0 Å². The number of nitriles is 1. The van der Waals surface area contributed by atoms with Crippen molar-refractivity contribution in [2.75, 3.05) is 0 Å². The third-order valence-corrected chi connectivity index (χ3v) is 2.60. The Morgan fingerprint density at radius 1 is 1.67 bits per heavy atom.